The van der Waals surface area contributed by atoms with Gasteiger partial charge in [-0.05, 0) is 39.0 Å². The van der Waals surface area contributed by atoms with Gasteiger partial charge in [0.05, 0.1) is 27.9 Å². The van der Waals surface area contributed by atoms with Gasteiger partial charge in [0.25, 0.3) is 5.22 Å². The summed E-state index contributed by atoms with van der Waals surface area (Å²) in [7, 11) is 0. The van der Waals surface area contributed by atoms with Crippen LogP contribution in [-0.2, 0) is 15.8 Å². The molecule has 0 saturated heterocycles. The van der Waals surface area contributed by atoms with Crippen molar-refractivity contribution in [1.29, 1.82) is 0 Å². The minimum atomic E-state index is -4.55. The number of amides is 2. The first-order chi connectivity index (χ1) is 12.6. The number of halogens is 3. The zero-order chi connectivity index (χ0) is 19.9. The van der Waals surface area contributed by atoms with Gasteiger partial charge in [0, 0.05) is 0 Å². The van der Waals surface area contributed by atoms with E-state index in [1.54, 1.807) is 20.8 Å². The number of fused-ring (bicyclic) bond motifs is 1. The summed E-state index contributed by atoms with van der Waals surface area (Å²) in [5, 5.41) is 2.06. The van der Waals surface area contributed by atoms with Gasteiger partial charge in [-0.2, -0.15) is 13.2 Å². The Morgan fingerprint density at radius 2 is 2.07 bits per heavy atom. The number of oxazole rings is 1. The van der Waals surface area contributed by atoms with Crippen molar-refractivity contribution in [3.63, 3.8) is 0 Å². The molecule has 6 nitrogen and oxygen atoms in total. The summed E-state index contributed by atoms with van der Waals surface area (Å²) >= 11 is 1.08. The van der Waals surface area contributed by atoms with Gasteiger partial charge in [-0.3, -0.25) is 14.5 Å². The lowest BCUT2D eigenvalue weighted by atomic mass is 10.1. The van der Waals surface area contributed by atoms with Crippen LogP contribution in [0.25, 0.3) is 0 Å². The summed E-state index contributed by atoms with van der Waals surface area (Å²) in [5.74, 6) is -0.348. The molecule has 3 rings (SSSR count). The van der Waals surface area contributed by atoms with E-state index in [4.69, 9.17) is 4.42 Å². The van der Waals surface area contributed by atoms with Crippen LogP contribution in [0.4, 0.5) is 24.5 Å². The number of alkyl halides is 3. The minimum Gasteiger partial charge on any atom is -0.437 e. The summed E-state index contributed by atoms with van der Waals surface area (Å²) < 4.78 is 44.1. The van der Waals surface area contributed by atoms with Crippen LogP contribution in [0.15, 0.2) is 27.8 Å². The monoisotopic (exact) mass is 399 g/mol. The second-order valence-corrected chi connectivity index (χ2v) is 7.38. The quantitative estimate of drug-likeness (QED) is 0.795. The van der Waals surface area contributed by atoms with Gasteiger partial charge < -0.3 is 9.73 Å². The largest absolute Gasteiger partial charge is 0.437 e. The maximum absolute atomic E-state index is 12.9. The van der Waals surface area contributed by atoms with Crippen molar-refractivity contribution in [3.8, 4) is 0 Å². The molecule has 27 heavy (non-hydrogen) atoms. The SMILES string of the molecule is Cc1nc(SC(C)C(=O)N2CC(=O)Nc3cc(C(F)(F)F)ccc32)oc1C. The molecule has 0 fully saturated rings. The predicted molar refractivity (Wildman–Crippen MR) is 93.7 cm³/mol. The lowest BCUT2D eigenvalue weighted by Gasteiger charge is -2.31. The van der Waals surface area contributed by atoms with E-state index in [0.717, 1.165) is 23.9 Å². The van der Waals surface area contributed by atoms with E-state index in [1.165, 1.54) is 11.0 Å². The highest BCUT2D eigenvalue weighted by Crippen LogP contribution is 2.38. The van der Waals surface area contributed by atoms with Crippen LogP contribution in [0, 0.1) is 13.8 Å². The van der Waals surface area contributed by atoms with Gasteiger partial charge >= 0.3 is 6.18 Å². The zero-order valence-corrected chi connectivity index (χ0v) is 15.5. The normalized spacial score (nSPS) is 15.3. The Labute approximate surface area is 157 Å². The molecule has 2 heterocycles. The lowest BCUT2D eigenvalue weighted by molar-refractivity contribution is -0.137. The number of hydrogen-bond donors (Lipinski definition) is 1. The summed E-state index contributed by atoms with van der Waals surface area (Å²) in [5.41, 5.74) is -0.0159. The highest BCUT2D eigenvalue weighted by Gasteiger charge is 2.35. The Balaban J connectivity index is 1.86. The first kappa shape index (κ1) is 19.3. The average Bonchev–Trinajstić information content (AvgIpc) is 2.89. The van der Waals surface area contributed by atoms with E-state index in [9.17, 15) is 22.8 Å². The molecule has 1 unspecified atom stereocenters. The van der Waals surface area contributed by atoms with Crippen LogP contribution in [0.2, 0.25) is 0 Å². The number of anilines is 2. The zero-order valence-electron chi connectivity index (χ0n) is 14.7. The molecule has 0 bridgehead atoms. The second kappa shape index (κ2) is 6.91. The van der Waals surface area contributed by atoms with Crippen LogP contribution in [0.3, 0.4) is 0 Å². The molecule has 144 valence electrons. The van der Waals surface area contributed by atoms with Gasteiger partial charge in [0.15, 0.2) is 0 Å². The molecule has 1 aromatic carbocycles. The Morgan fingerprint density at radius 1 is 1.37 bits per heavy atom. The smallest absolute Gasteiger partial charge is 0.416 e. The fourth-order valence-corrected chi connectivity index (χ4v) is 3.47. The van der Waals surface area contributed by atoms with Crippen molar-refractivity contribution in [3.05, 3.63) is 35.2 Å². The van der Waals surface area contributed by atoms with Crippen LogP contribution < -0.4 is 10.2 Å². The van der Waals surface area contributed by atoms with Gasteiger partial charge in [-0.15, -0.1) is 0 Å². The van der Waals surface area contributed by atoms with E-state index in [0.29, 0.717) is 16.7 Å². The topological polar surface area (TPSA) is 75.4 Å². The Bertz CT molecular complexity index is 891. The predicted octanol–water partition coefficient (Wildman–Crippen LogP) is 3.78. The van der Waals surface area contributed by atoms with Crippen molar-refractivity contribution in [2.45, 2.75) is 37.4 Å². The number of nitrogens with one attached hydrogen (secondary N) is 1. The van der Waals surface area contributed by atoms with E-state index in [1.807, 2.05) is 0 Å². The summed E-state index contributed by atoms with van der Waals surface area (Å²) in [6.07, 6.45) is -4.55. The number of benzene rings is 1. The third-order valence-electron chi connectivity index (χ3n) is 4.09. The molecular formula is C17H16F3N3O3S. The number of aryl methyl sites for hydroxylation is 2. The highest BCUT2D eigenvalue weighted by atomic mass is 32.2. The number of nitrogens with zero attached hydrogens (tertiary/aromatic N) is 2. The van der Waals surface area contributed by atoms with Crippen LogP contribution >= 0.6 is 11.8 Å². The molecule has 0 spiro atoms. The Morgan fingerprint density at radius 3 is 2.67 bits per heavy atom. The van der Waals surface area contributed by atoms with Crippen LogP contribution in [-0.4, -0.2) is 28.6 Å². The molecular weight excluding hydrogens is 383 g/mol. The van der Waals surface area contributed by atoms with Crippen molar-refractivity contribution >= 4 is 35.0 Å². The van der Waals surface area contributed by atoms with E-state index in [2.05, 4.69) is 10.3 Å². The van der Waals surface area contributed by atoms with Crippen molar-refractivity contribution in [2.75, 3.05) is 16.8 Å². The van der Waals surface area contributed by atoms with Crippen LogP contribution in [0.5, 0.6) is 0 Å². The highest BCUT2D eigenvalue weighted by molar-refractivity contribution is 8.00. The van der Waals surface area contributed by atoms with Crippen LogP contribution in [0.1, 0.15) is 23.9 Å². The van der Waals surface area contributed by atoms with Gasteiger partial charge in [0.2, 0.25) is 11.8 Å². The summed E-state index contributed by atoms with van der Waals surface area (Å²) in [6.45, 7) is 4.88. The van der Waals surface area contributed by atoms with Gasteiger partial charge in [-0.25, -0.2) is 4.98 Å². The average molecular weight is 399 g/mol. The number of carbonyl (C=O) groups excluding carboxylic acids is 2. The lowest BCUT2D eigenvalue weighted by Crippen LogP contribution is -2.45. The molecule has 0 saturated carbocycles. The Kier molecular flexibility index (Phi) is 4.94. The molecule has 2 aromatic rings. The number of aromatic nitrogens is 1. The van der Waals surface area contributed by atoms with E-state index < -0.39 is 28.8 Å². The van der Waals surface area contributed by atoms with Crippen molar-refractivity contribution < 1.29 is 27.2 Å². The maximum atomic E-state index is 12.9. The fraction of sp³-hybridized carbons (Fsp3) is 0.353. The molecule has 0 aliphatic carbocycles. The second-order valence-electron chi connectivity index (χ2n) is 6.08. The van der Waals surface area contributed by atoms with E-state index >= 15 is 0 Å². The molecule has 1 aliphatic rings. The minimum absolute atomic E-state index is 0.0468. The summed E-state index contributed by atoms with van der Waals surface area (Å²) in [6, 6.07) is 2.90. The molecule has 2 amide bonds. The van der Waals surface area contributed by atoms with Crippen molar-refractivity contribution in [1.82, 2.24) is 4.98 Å². The molecule has 1 atom stereocenters. The molecule has 10 heteroatoms. The van der Waals surface area contributed by atoms with E-state index in [-0.39, 0.29) is 17.9 Å². The fourth-order valence-electron chi connectivity index (χ4n) is 2.58. The molecule has 1 aliphatic heterocycles. The molecule has 1 aromatic heterocycles. The number of rotatable bonds is 3. The first-order valence-corrected chi connectivity index (χ1v) is 8.87. The molecule has 0 radical (unpaired) electrons. The number of thioether (sulfide) groups is 1. The van der Waals surface area contributed by atoms with Gasteiger partial charge in [0.1, 0.15) is 12.3 Å². The Hall–Kier alpha value is -2.49. The maximum Gasteiger partial charge on any atom is 0.416 e. The van der Waals surface area contributed by atoms with Gasteiger partial charge in [-0.1, -0.05) is 11.8 Å². The standard InChI is InChI=1S/C17H16F3N3O3S/c1-8-9(2)26-16(21-8)27-10(3)15(25)23-7-14(24)22-12-6-11(17(18,19)20)4-5-13(12)23/h4-6,10H,7H2,1-3H3,(H,22,24). The summed E-state index contributed by atoms with van der Waals surface area (Å²) in [4.78, 5) is 30.1. The molecule has 1 N–H and O–H groups in total. The third-order valence-corrected chi connectivity index (χ3v) is 5.02. The number of carbonyl (C=O) groups is 2. The van der Waals surface area contributed by atoms with Crippen molar-refractivity contribution in [2.24, 2.45) is 0 Å². The third kappa shape index (κ3) is 3.95. The first-order valence-electron chi connectivity index (χ1n) is 7.99. The number of hydrogen-bond acceptors (Lipinski definition) is 5.